The molecule has 9 nitrogen and oxygen atoms in total. The van der Waals surface area contributed by atoms with Crippen molar-refractivity contribution in [3.63, 3.8) is 0 Å². The van der Waals surface area contributed by atoms with Crippen LogP contribution in [0.15, 0.2) is 40.8 Å². The van der Waals surface area contributed by atoms with Crippen LogP contribution in [0.4, 0.5) is 5.69 Å². The quantitative estimate of drug-likeness (QED) is 0.625. The van der Waals surface area contributed by atoms with Crippen LogP contribution in [-0.2, 0) is 22.6 Å². The van der Waals surface area contributed by atoms with Gasteiger partial charge in [0, 0.05) is 11.2 Å². The molecular formula is C22H28N6O3. The van der Waals surface area contributed by atoms with Crippen LogP contribution in [0.25, 0.3) is 11.6 Å². The fourth-order valence-electron chi connectivity index (χ4n) is 3.01. The highest BCUT2D eigenvalue weighted by Gasteiger charge is 2.23. The minimum absolute atomic E-state index is 0.111. The highest BCUT2D eigenvalue weighted by Crippen LogP contribution is 2.18. The molecule has 1 N–H and O–H groups in total. The summed E-state index contributed by atoms with van der Waals surface area (Å²) in [5.41, 5.74) is 1.38. The molecule has 0 aliphatic rings. The van der Waals surface area contributed by atoms with Gasteiger partial charge >= 0.3 is 0 Å². The van der Waals surface area contributed by atoms with E-state index in [1.165, 1.54) is 9.70 Å². The van der Waals surface area contributed by atoms with Gasteiger partial charge in [0.2, 0.25) is 11.7 Å². The molecule has 0 radical (unpaired) electrons. The van der Waals surface area contributed by atoms with Gasteiger partial charge in [-0.05, 0) is 69.2 Å². The summed E-state index contributed by atoms with van der Waals surface area (Å²) < 4.78 is 5.50. The minimum atomic E-state index is -0.401. The normalized spacial score (nSPS) is 11.4. The maximum absolute atomic E-state index is 13.1. The van der Waals surface area contributed by atoms with Gasteiger partial charge in [-0.25, -0.2) is 0 Å². The molecule has 0 aliphatic heterocycles. The molecule has 0 unspecified atom stereocenters. The lowest BCUT2D eigenvalue weighted by Gasteiger charge is -2.26. The van der Waals surface area contributed by atoms with E-state index >= 15 is 0 Å². The number of aromatic nitrogens is 4. The van der Waals surface area contributed by atoms with E-state index in [0.29, 0.717) is 17.3 Å². The Hall–Kier alpha value is -3.49. The Bertz CT molecular complexity index is 1050. The van der Waals surface area contributed by atoms with E-state index in [1.54, 1.807) is 12.1 Å². The van der Waals surface area contributed by atoms with Crippen LogP contribution in [0.1, 0.15) is 39.0 Å². The Morgan fingerprint density at radius 1 is 1.13 bits per heavy atom. The smallest absolute Gasteiger partial charge is 0.251 e. The van der Waals surface area contributed by atoms with Crippen molar-refractivity contribution in [2.24, 2.45) is 0 Å². The number of anilines is 1. The molecule has 0 saturated carbocycles. The molecule has 0 saturated heterocycles. The largest absolute Gasteiger partial charge is 0.458 e. The molecule has 3 aromatic rings. The summed E-state index contributed by atoms with van der Waals surface area (Å²) in [5.74, 6) is 0.929. The molecular weight excluding hydrogens is 396 g/mol. The number of furan rings is 1. The number of hydrogen-bond donors (Lipinski definition) is 1. The third-order valence-corrected chi connectivity index (χ3v) is 4.46. The molecule has 3 rings (SSSR count). The summed E-state index contributed by atoms with van der Waals surface area (Å²) in [6.45, 7) is 9.29. The summed E-state index contributed by atoms with van der Waals surface area (Å²) in [6.07, 6.45) is 0.886. The van der Waals surface area contributed by atoms with Gasteiger partial charge in [-0.3, -0.25) is 9.59 Å². The molecule has 0 bridgehead atoms. The van der Waals surface area contributed by atoms with Crippen LogP contribution in [0.3, 0.4) is 0 Å². The minimum Gasteiger partial charge on any atom is -0.458 e. The predicted molar refractivity (Wildman–Crippen MR) is 116 cm³/mol. The molecule has 2 aromatic heterocycles. The van der Waals surface area contributed by atoms with E-state index in [0.717, 1.165) is 17.7 Å². The van der Waals surface area contributed by atoms with E-state index in [2.05, 4.69) is 27.7 Å². The molecule has 9 heteroatoms. The Kier molecular flexibility index (Phi) is 6.53. The lowest BCUT2D eigenvalue weighted by atomic mass is 10.1. The summed E-state index contributed by atoms with van der Waals surface area (Å²) in [5, 5.41) is 15.0. The zero-order valence-electron chi connectivity index (χ0n) is 18.5. The van der Waals surface area contributed by atoms with Gasteiger partial charge in [0.15, 0.2) is 5.76 Å². The van der Waals surface area contributed by atoms with Gasteiger partial charge in [0.25, 0.3) is 5.91 Å². The Labute approximate surface area is 181 Å². The second-order valence-corrected chi connectivity index (χ2v) is 8.35. The van der Waals surface area contributed by atoms with Crippen LogP contribution in [0.5, 0.6) is 0 Å². The van der Waals surface area contributed by atoms with E-state index < -0.39 is 5.54 Å². The first-order chi connectivity index (χ1) is 14.6. The first-order valence-electron chi connectivity index (χ1n) is 10.2. The first kappa shape index (κ1) is 22.2. The topological polar surface area (TPSA) is 106 Å². The zero-order chi connectivity index (χ0) is 22.6. The van der Waals surface area contributed by atoms with E-state index in [1.807, 2.05) is 52.0 Å². The molecule has 31 heavy (non-hydrogen) atoms. The average molecular weight is 425 g/mol. The van der Waals surface area contributed by atoms with Crippen LogP contribution >= 0.6 is 0 Å². The van der Waals surface area contributed by atoms with Crippen molar-refractivity contribution in [2.45, 2.75) is 53.1 Å². The molecule has 0 atom stereocenters. The van der Waals surface area contributed by atoms with Crippen molar-refractivity contribution in [3.8, 4) is 11.6 Å². The summed E-state index contributed by atoms with van der Waals surface area (Å²) in [6, 6.07) is 11.1. The number of carbonyl (C=O) groups excluding carboxylic acids is 2. The third kappa shape index (κ3) is 6.00. The van der Waals surface area contributed by atoms with Crippen LogP contribution in [-0.4, -0.2) is 44.1 Å². The zero-order valence-corrected chi connectivity index (χ0v) is 18.5. The fourth-order valence-corrected chi connectivity index (χ4v) is 3.01. The van der Waals surface area contributed by atoms with Gasteiger partial charge < -0.3 is 14.6 Å². The van der Waals surface area contributed by atoms with E-state index in [9.17, 15) is 9.59 Å². The summed E-state index contributed by atoms with van der Waals surface area (Å²) in [7, 11) is 0. The number of rotatable bonds is 7. The SMILES string of the molecule is CCc1ccc(N(CC(=O)NC(C)(C)C)C(=O)Cn2nnc(-c3ccc(C)o3)n2)cc1. The average Bonchev–Trinajstić information content (AvgIpc) is 3.33. The Morgan fingerprint density at radius 3 is 2.42 bits per heavy atom. The van der Waals surface area contributed by atoms with Gasteiger partial charge in [-0.1, -0.05) is 19.1 Å². The van der Waals surface area contributed by atoms with Crippen LogP contribution in [0, 0.1) is 6.92 Å². The standard InChI is InChI=1S/C22H28N6O3/c1-6-16-8-10-17(11-9-16)27(13-19(29)23-22(3,4)5)20(30)14-28-25-21(24-26-28)18-12-7-15(2)31-18/h7-12H,6,13-14H2,1-5H3,(H,23,29). The van der Waals surface area contributed by atoms with Crippen molar-refractivity contribution in [2.75, 3.05) is 11.4 Å². The first-order valence-corrected chi connectivity index (χ1v) is 10.2. The second kappa shape index (κ2) is 9.11. The summed E-state index contributed by atoms with van der Waals surface area (Å²) in [4.78, 5) is 28.3. The lowest BCUT2D eigenvalue weighted by molar-refractivity contribution is -0.125. The lowest BCUT2D eigenvalue weighted by Crippen LogP contribution is -2.48. The number of carbonyl (C=O) groups is 2. The van der Waals surface area contributed by atoms with Gasteiger partial charge in [-0.15, -0.1) is 10.2 Å². The van der Waals surface area contributed by atoms with Crippen molar-refractivity contribution >= 4 is 17.5 Å². The Morgan fingerprint density at radius 2 is 1.84 bits per heavy atom. The number of nitrogens with zero attached hydrogens (tertiary/aromatic N) is 5. The number of benzene rings is 1. The van der Waals surface area contributed by atoms with Crippen LogP contribution in [0.2, 0.25) is 0 Å². The maximum Gasteiger partial charge on any atom is 0.251 e. The number of tetrazole rings is 1. The maximum atomic E-state index is 13.1. The van der Waals surface area contributed by atoms with Gasteiger partial charge in [-0.2, -0.15) is 4.80 Å². The third-order valence-electron chi connectivity index (χ3n) is 4.46. The van der Waals surface area contributed by atoms with Crippen molar-refractivity contribution < 1.29 is 14.0 Å². The van der Waals surface area contributed by atoms with E-state index in [4.69, 9.17) is 4.42 Å². The van der Waals surface area contributed by atoms with Crippen molar-refractivity contribution in [1.82, 2.24) is 25.5 Å². The Balaban J connectivity index is 1.79. The molecule has 0 spiro atoms. The molecule has 0 aliphatic carbocycles. The highest BCUT2D eigenvalue weighted by atomic mass is 16.3. The molecule has 2 heterocycles. The monoisotopic (exact) mass is 424 g/mol. The number of nitrogens with one attached hydrogen (secondary N) is 1. The fraction of sp³-hybridized carbons (Fsp3) is 0.409. The van der Waals surface area contributed by atoms with Crippen LogP contribution < -0.4 is 10.2 Å². The molecule has 164 valence electrons. The second-order valence-electron chi connectivity index (χ2n) is 8.35. The molecule has 1 aromatic carbocycles. The number of hydrogen-bond acceptors (Lipinski definition) is 6. The summed E-state index contributed by atoms with van der Waals surface area (Å²) >= 11 is 0. The number of amides is 2. The molecule has 2 amide bonds. The number of aryl methyl sites for hydroxylation is 2. The van der Waals surface area contributed by atoms with E-state index in [-0.39, 0.29) is 24.9 Å². The van der Waals surface area contributed by atoms with Crippen molar-refractivity contribution in [1.29, 1.82) is 0 Å². The highest BCUT2D eigenvalue weighted by molar-refractivity contribution is 5.98. The molecule has 0 fully saturated rings. The predicted octanol–water partition coefficient (Wildman–Crippen LogP) is 2.75. The van der Waals surface area contributed by atoms with Gasteiger partial charge in [0.05, 0.1) is 0 Å². The van der Waals surface area contributed by atoms with Gasteiger partial charge in [0.1, 0.15) is 18.8 Å². The van der Waals surface area contributed by atoms with Crippen molar-refractivity contribution in [3.05, 3.63) is 47.7 Å².